The molecule has 1 amide bonds. The first-order valence-electron chi connectivity index (χ1n) is 8.13. The first kappa shape index (κ1) is 14.0. The van der Waals surface area contributed by atoms with Gasteiger partial charge in [0.15, 0.2) is 0 Å². The van der Waals surface area contributed by atoms with E-state index in [9.17, 15) is 4.79 Å². The number of rotatable bonds is 4. The maximum atomic E-state index is 12.3. The molecule has 5 heteroatoms. The van der Waals surface area contributed by atoms with E-state index in [-0.39, 0.29) is 11.5 Å². The van der Waals surface area contributed by atoms with Gasteiger partial charge in [0.1, 0.15) is 11.4 Å². The van der Waals surface area contributed by atoms with Crippen LogP contribution in [0.2, 0.25) is 0 Å². The van der Waals surface area contributed by atoms with E-state index in [1.807, 2.05) is 17.0 Å². The zero-order chi connectivity index (χ0) is 15.2. The number of nitrogens with zero attached hydrogens (tertiary/aromatic N) is 2. The van der Waals surface area contributed by atoms with Crippen LogP contribution < -0.4 is 4.74 Å². The molecule has 3 heterocycles. The lowest BCUT2D eigenvalue weighted by atomic mass is 9.81. The Hall–Kier alpha value is -1.62. The third-order valence-corrected chi connectivity index (χ3v) is 5.34. The number of pyridine rings is 1. The van der Waals surface area contributed by atoms with Gasteiger partial charge in [0.05, 0.1) is 25.9 Å². The number of amides is 1. The van der Waals surface area contributed by atoms with Crippen molar-refractivity contribution < 1.29 is 14.3 Å². The average molecular weight is 302 g/mol. The minimum absolute atomic E-state index is 0.171. The van der Waals surface area contributed by atoms with Crippen LogP contribution in [0.1, 0.15) is 19.8 Å². The van der Waals surface area contributed by atoms with Crippen LogP contribution in [-0.4, -0.2) is 47.7 Å². The molecule has 0 radical (unpaired) electrons. The number of aromatic nitrogens is 1. The van der Waals surface area contributed by atoms with Crippen LogP contribution in [0.3, 0.4) is 0 Å². The van der Waals surface area contributed by atoms with Gasteiger partial charge in [0.25, 0.3) is 0 Å². The molecule has 1 aromatic heterocycles. The summed E-state index contributed by atoms with van der Waals surface area (Å²) in [5, 5.41) is 0. The van der Waals surface area contributed by atoms with Crippen LogP contribution in [0.4, 0.5) is 0 Å². The summed E-state index contributed by atoms with van der Waals surface area (Å²) in [5.74, 6) is 2.31. The van der Waals surface area contributed by atoms with Crippen LogP contribution >= 0.6 is 0 Å². The zero-order valence-electron chi connectivity index (χ0n) is 12.9. The van der Waals surface area contributed by atoms with Gasteiger partial charge in [-0.3, -0.25) is 9.78 Å². The van der Waals surface area contributed by atoms with Gasteiger partial charge in [-0.1, -0.05) is 6.92 Å². The maximum Gasteiger partial charge on any atom is 0.226 e. The average Bonchev–Trinajstić information content (AvgIpc) is 3.08. The van der Waals surface area contributed by atoms with Crippen molar-refractivity contribution >= 4 is 5.91 Å². The first-order chi connectivity index (χ1) is 10.7. The molecule has 2 saturated heterocycles. The van der Waals surface area contributed by atoms with E-state index in [2.05, 4.69) is 11.9 Å². The first-order valence-corrected chi connectivity index (χ1v) is 8.13. The highest BCUT2D eigenvalue weighted by Gasteiger charge is 2.56. The third-order valence-electron chi connectivity index (χ3n) is 5.34. The van der Waals surface area contributed by atoms with Gasteiger partial charge in [-0.2, -0.15) is 0 Å². The molecular weight excluding hydrogens is 280 g/mol. The molecule has 118 valence electrons. The smallest absolute Gasteiger partial charge is 0.226 e. The summed E-state index contributed by atoms with van der Waals surface area (Å²) in [5.41, 5.74) is -0.171. The summed E-state index contributed by atoms with van der Waals surface area (Å²) in [6.45, 7) is 5.01. The van der Waals surface area contributed by atoms with Crippen LogP contribution in [0.5, 0.6) is 5.75 Å². The highest BCUT2D eigenvalue weighted by atomic mass is 16.5. The predicted octanol–water partition coefficient (Wildman–Crippen LogP) is 1.73. The maximum absolute atomic E-state index is 12.3. The summed E-state index contributed by atoms with van der Waals surface area (Å²) in [6, 6.07) is 3.79. The standard InChI is InChI=1S/C17H22N2O3/c1-12-7-15(12)16(20)19-10-17(11-19)13(4-6-22-17)9-21-14-3-2-5-18-8-14/h2-3,5,8,12-13,15H,4,6-7,9-11H2,1H3/t12-,13-,15-/m1/s1. The van der Waals surface area contributed by atoms with E-state index in [0.717, 1.165) is 38.3 Å². The quantitative estimate of drug-likeness (QED) is 0.850. The molecule has 0 bridgehead atoms. The molecule has 1 spiro atoms. The minimum Gasteiger partial charge on any atom is -0.492 e. The van der Waals surface area contributed by atoms with Crippen molar-refractivity contribution in [3.63, 3.8) is 0 Å². The van der Waals surface area contributed by atoms with Crippen LogP contribution in [0.25, 0.3) is 0 Å². The second-order valence-electron chi connectivity index (χ2n) is 6.91. The van der Waals surface area contributed by atoms with E-state index < -0.39 is 0 Å². The summed E-state index contributed by atoms with van der Waals surface area (Å²) >= 11 is 0. The summed E-state index contributed by atoms with van der Waals surface area (Å²) < 4.78 is 11.8. The molecule has 5 nitrogen and oxygen atoms in total. The lowest BCUT2D eigenvalue weighted by Gasteiger charge is -2.50. The highest BCUT2D eigenvalue weighted by molar-refractivity contribution is 5.82. The Bertz CT molecular complexity index is 556. The van der Waals surface area contributed by atoms with Gasteiger partial charge in [-0.05, 0) is 30.9 Å². The number of carbonyl (C=O) groups is 1. The Kier molecular flexibility index (Phi) is 3.33. The van der Waals surface area contributed by atoms with Crippen molar-refractivity contribution in [3.8, 4) is 5.75 Å². The van der Waals surface area contributed by atoms with Crippen molar-refractivity contribution in [2.75, 3.05) is 26.3 Å². The lowest BCUT2D eigenvalue weighted by molar-refractivity contribution is -0.168. The Morgan fingerprint density at radius 2 is 2.36 bits per heavy atom. The Morgan fingerprint density at radius 3 is 3.05 bits per heavy atom. The van der Waals surface area contributed by atoms with Gasteiger partial charge < -0.3 is 14.4 Å². The minimum atomic E-state index is -0.171. The molecule has 3 aliphatic rings. The van der Waals surface area contributed by atoms with Gasteiger partial charge in [0, 0.05) is 24.6 Å². The largest absolute Gasteiger partial charge is 0.492 e. The van der Waals surface area contributed by atoms with E-state index in [0.29, 0.717) is 24.3 Å². The van der Waals surface area contributed by atoms with E-state index in [4.69, 9.17) is 9.47 Å². The molecule has 0 unspecified atom stereocenters. The fourth-order valence-electron chi connectivity index (χ4n) is 3.66. The number of carbonyl (C=O) groups excluding carboxylic acids is 1. The highest BCUT2D eigenvalue weighted by Crippen LogP contribution is 2.45. The second-order valence-corrected chi connectivity index (χ2v) is 6.91. The van der Waals surface area contributed by atoms with Gasteiger partial charge in [-0.25, -0.2) is 0 Å². The van der Waals surface area contributed by atoms with Crippen LogP contribution in [0.15, 0.2) is 24.5 Å². The van der Waals surface area contributed by atoms with Crippen molar-refractivity contribution in [2.24, 2.45) is 17.8 Å². The zero-order valence-corrected chi connectivity index (χ0v) is 12.9. The fourth-order valence-corrected chi connectivity index (χ4v) is 3.66. The SMILES string of the molecule is C[C@@H]1C[C@H]1C(=O)N1CC2(C1)OCC[C@@H]2COc1cccnc1. The molecule has 0 aromatic carbocycles. The lowest BCUT2D eigenvalue weighted by Crippen LogP contribution is -2.67. The molecule has 1 saturated carbocycles. The second kappa shape index (κ2) is 5.23. The van der Waals surface area contributed by atoms with Gasteiger partial charge in [0.2, 0.25) is 5.91 Å². The molecule has 1 aromatic rings. The third kappa shape index (κ3) is 2.37. The van der Waals surface area contributed by atoms with E-state index in [1.165, 1.54) is 0 Å². The molecule has 1 aliphatic carbocycles. The molecule has 22 heavy (non-hydrogen) atoms. The summed E-state index contributed by atoms with van der Waals surface area (Å²) in [4.78, 5) is 18.3. The molecule has 0 N–H and O–H groups in total. The van der Waals surface area contributed by atoms with Crippen molar-refractivity contribution in [2.45, 2.75) is 25.4 Å². The number of hydrogen-bond acceptors (Lipinski definition) is 4. The Labute approximate surface area is 130 Å². The summed E-state index contributed by atoms with van der Waals surface area (Å²) in [7, 11) is 0. The molecular formula is C17H22N2O3. The van der Waals surface area contributed by atoms with E-state index in [1.54, 1.807) is 12.4 Å². The molecule has 2 aliphatic heterocycles. The van der Waals surface area contributed by atoms with E-state index >= 15 is 0 Å². The van der Waals surface area contributed by atoms with Gasteiger partial charge in [-0.15, -0.1) is 0 Å². The Balaban J connectivity index is 1.33. The molecule has 3 atom stereocenters. The number of ether oxygens (including phenoxy) is 2. The number of likely N-dealkylation sites (tertiary alicyclic amines) is 1. The Morgan fingerprint density at radius 1 is 1.55 bits per heavy atom. The predicted molar refractivity (Wildman–Crippen MR) is 80.4 cm³/mol. The topological polar surface area (TPSA) is 51.7 Å². The monoisotopic (exact) mass is 302 g/mol. The van der Waals surface area contributed by atoms with Crippen molar-refractivity contribution in [3.05, 3.63) is 24.5 Å². The normalized spacial score (nSPS) is 31.9. The fraction of sp³-hybridized carbons (Fsp3) is 0.647. The van der Waals surface area contributed by atoms with Crippen molar-refractivity contribution in [1.82, 2.24) is 9.88 Å². The van der Waals surface area contributed by atoms with Crippen LogP contribution in [0, 0.1) is 17.8 Å². The molecule has 3 fully saturated rings. The number of hydrogen-bond donors (Lipinski definition) is 0. The van der Waals surface area contributed by atoms with Gasteiger partial charge >= 0.3 is 0 Å². The molecule has 4 rings (SSSR count). The summed E-state index contributed by atoms with van der Waals surface area (Å²) in [6.07, 6.45) is 5.52. The van der Waals surface area contributed by atoms with Crippen molar-refractivity contribution in [1.29, 1.82) is 0 Å². The van der Waals surface area contributed by atoms with Crippen LogP contribution in [-0.2, 0) is 9.53 Å².